The third-order valence-corrected chi connectivity index (χ3v) is 12.3. The lowest BCUT2D eigenvalue weighted by atomic mass is 9.97. The summed E-state index contributed by atoms with van der Waals surface area (Å²) in [7, 11) is 3.78. The van der Waals surface area contributed by atoms with Gasteiger partial charge in [-0.05, 0) is 31.7 Å². The van der Waals surface area contributed by atoms with Crippen molar-refractivity contribution >= 4 is 29.8 Å². The van der Waals surface area contributed by atoms with Crippen LogP contribution in [0, 0.1) is 11.8 Å². The Balaban J connectivity index is 1.61. The first-order valence-electron chi connectivity index (χ1n) is 22.5. The number of ether oxygens (including phenoxy) is 6. The number of aromatic amines is 1. The number of esters is 2. The average molecular weight is 944 g/mol. The number of hydrogen-bond acceptors (Lipinski definition) is 18. The number of nitrogens with two attached hydrogens (primary N) is 1. The smallest absolute Gasteiger partial charge is 0.330 e. The van der Waals surface area contributed by atoms with Gasteiger partial charge < -0.3 is 64.6 Å². The van der Waals surface area contributed by atoms with Crippen LogP contribution in [-0.2, 0) is 52.4 Å². The third-order valence-electron chi connectivity index (χ3n) is 12.3. The number of H-pyrrole nitrogens is 1. The van der Waals surface area contributed by atoms with Gasteiger partial charge in [0.25, 0.3) is 5.56 Å². The zero-order valence-corrected chi connectivity index (χ0v) is 38.5. The van der Waals surface area contributed by atoms with E-state index in [4.69, 9.17) is 34.2 Å². The minimum atomic E-state index is -1.91. The van der Waals surface area contributed by atoms with Gasteiger partial charge >= 0.3 is 29.6 Å². The Morgan fingerprint density at radius 3 is 2.12 bits per heavy atom. The fourth-order valence-electron chi connectivity index (χ4n) is 8.78. The molecular formula is C43H69N5O18. The molecule has 14 unspecified atom stereocenters. The van der Waals surface area contributed by atoms with Gasteiger partial charge in [-0.25, -0.2) is 9.59 Å². The molecule has 66 heavy (non-hydrogen) atoms. The van der Waals surface area contributed by atoms with Crippen LogP contribution in [-0.4, -0.2) is 182 Å². The van der Waals surface area contributed by atoms with Crippen LogP contribution in [0.1, 0.15) is 97.6 Å². The van der Waals surface area contributed by atoms with Crippen molar-refractivity contribution in [1.82, 2.24) is 19.4 Å². The van der Waals surface area contributed by atoms with Crippen molar-refractivity contribution < 1.29 is 77.9 Å². The number of rotatable bonds is 25. The maximum Gasteiger partial charge on any atom is 0.330 e. The van der Waals surface area contributed by atoms with E-state index in [9.17, 15) is 59.1 Å². The first-order chi connectivity index (χ1) is 31.2. The number of likely N-dealkylation sites (N-methyl/N-ethyl adjacent to an activating group) is 2. The number of aliphatic hydroxyl groups is 3. The molecule has 0 spiro atoms. The highest BCUT2D eigenvalue weighted by Gasteiger charge is 2.57. The lowest BCUT2D eigenvalue weighted by molar-refractivity contribution is -0.236. The van der Waals surface area contributed by atoms with E-state index in [0.717, 1.165) is 67.3 Å². The molecular weight excluding hydrogens is 874 g/mol. The molecule has 3 saturated heterocycles. The predicted octanol–water partition coefficient (Wildman–Crippen LogP) is -0.682. The normalized spacial score (nSPS) is 29.7. The van der Waals surface area contributed by atoms with Crippen LogP contribution in [0.25, 0.3) is 0 Å². The number of aromatic nitrogens is 2. The molecule has 3 aliphatic rings. The lowest BCUT2D eigenvalue weighted by Crippen LogP contribution is -2.59. The van der Waals surface area contributed by atoms with E-state index < -0.39 is 139 Å². The van der Waals surface area contributed by atoms with Crippen LogP contribution in [0.4, 0.5) is 0 Å². The summed E-state index contributed by atoms with van der Waals surface area (Å²) < 4.78 is 36.0. The molecule has 4 rings (SSSR count). The van der Waals surface area contributed by atoms with Crippen molar-refractivity contribution in [3.05, 3.63) is 33.1 Å². The second-order valence-electron chi connectivity index (χ2n) is 18.0. The monoisotopic (exact) mass is 943 g/mol. The van der Waals surface area contributed by atoms with E-state index in [1.807, 2.05) is 4.98 Å². The summed E-state index contributed by atoms with van der Waals surface area (Å²) in [5.41, 5.74) is 4.06. The zero-order valence-electron chi connectivity index (χ0n) is 38.5. The molecule has 0 saturated carbocycles. The molecule has 0 bridgehead atoms. The molecule has 4 heterocycles. The molecule has 374 valence electrons. The standard InChI is InChI=1S/C43H69N5O18/c1-22(2)13-11-9-7-8-10-12-14-24(62-29(52)18-23(3)17-28(50)51)19-30(53)63-26-21-46(4)32(39(57)47(5)31(26)41(58)59)36(66-42-38(61-6)33(54)25(20-44)64-42)37-34(55)35(56)40(65-37)48-16-15-27(49)45-43(48)60/h15-16,22-26,31-38,40,42,54-56H,7-14,17-21,44H2,1-6H3,(H,50,51)(H,58,59)(H,45,49,60). The second-order valence-corrected chi connectivity index (χ2v) is 18.0. The third kappa shape index (κ3) is 14.3. The van der Waals surface area contributed by atoms with Crippen molar-refractivity contribution in [3.8, 4) is 0 Å². The molecule has 1 aromatic heterocycles. The van der Waals surface area contributed by atoms with Crippen LogP contribution in [0.3, 0.4) is 0 Å². The van der Waals surface area contributed by atoms with Gasteiger partial charge in [-0.2, -0.15) is 0 Å². The number of unbranched alkanes of at least 4 members (excludes halogenated alkanes) is 5. The highest BCUT2D eigenvalue weighted by Crippen LogP contribution is 2.37. The molecule has 8 N–H and O–H groups in total. The van der Waals surface area contributed by atoms with E-state index in [-0.39, 0.29) is 25.8 Å². The number of nitrogens with one attached hydrogen (secondary N) is 1. The number of amides is 1. The molecule has 0 aliphatic carbocycles. The van der Waals surface area contributed by atoms with Gasteiger partial charge in [0.2, 0.25) is 5.91 Å². The number of methoxy groups -OCH3 is 1. The van der Waals surface area contributed by atoms with E-state index in [1.165, 1.54) is 19.1 Å². The first-order valence-corrected chi connectivity index (χ1v) is 22.5. The fraction of sp³-hybridized carbons (Fsp3) is 0.791. The molecule has 23 nitrogen and oxygen atoms in total. The summed E-state index contributed by atoms with van der Waals surface area (Å²) in [6.07, 6.45) is -9.56. The van der Waals surface area contributed by atoms with Gasteiger partial charge in [0.15, 0.2) is 18.6 Å². The Kier molecular flexibility index (Phi) is 20.7. The summed E-state index contributed by atoms with van der Waals surface area (Å²) in [5.74, 6) is -5.19. The largest absolute Gasteiger partial charge is 0.481 e. The number of carbonyl (C=O) groups is 5. The van der Waals surface area contributed by atoms with Gasteiger partial charge in [-0.3, -0.25) is 38.4 Å². The van der Waals surface area contributed by atoms with E-state index in [0.29, 0.717) is 12.3 Å². The number of hydrogen-bond donors (Lipinski definition) is 7. The van der Waals surface area contributed by atoms with Crippen molar-refractivity contribution in [2.45, 2.75) is 171 Å². The minimum absolute atomic E-state index is 0.190. The van der Waals surface area contributed by atoms with Crippen molar-refractivity contribution in [3.63, 3.8) is 0 Å². The zero-order chi connectivity index (χ0) is 49.0. The highest BCUT2D eigenvalue weighted by molar-refractivity contribution is 5.88. The van der Waals surface area contributed by atoms with Gasteiger partial charge in [-0.1, -0.05) is 59.3 Å². The van der Waals surface area contributed by atoms with Gasteiger partial charge in [0, 0.05) is 52.4 Å². The molecule has 3 fully saturated rings. The number of aliphatic hydroxyl groups excluding tert-OH is 3. The number of nitrogens with zero attached hydrogens (tertiary/aromatic N) is 3. The Bertz CT molecular complexity index is 1900. The summed E-state index contributed by atoms with van der Waals surface area (Å²) in [5, 5.41) is 53.4. The van der Waals surface area contributed by atoms with E-state index in [2.05, 4.69) is 13.8 Å². The number of carbonyl (C=O) groups excluding carboxylic acids is 3. The van der Waals surface area contributed by atoms with Crippen LogP contribution in [0.2, 0.25) is 0 Å². The lowest BCUT2D eigenvalue weighted by Gasteiger charge is -2.38. The Morgan fingerprint density at radius 1 is 0.879 bits per heavy atom. The summed E-state index contributed by atoms with van der Waals surface area (Å²) in [6.45, 7) is 5.28. The van der Waals surface area contributed by atoms with Crippen LogP contribution in [0.15, 0.2) is 21.9 Å². The minimum Gasteiger partial charge on any atom is -0.481 e. The van der Waals surface area contributed by atoms with Crippen molar-refractivity contribution in [2.75, 3.05) is 34.3 Å². The average Bonchev–Trinajstić information content (AvgIpc) is 3.66. The fourth-order valence-corrected chi connectivity index (χ4v) is 8.78. The molecule has 0 aromatic carbocycles. The molecule has 14 atom stereocenters. The number of aliphatic carboxylic acids is 2. The van der Waals surface area contributed by atoms with Gasteiger partial charge in [0.1, 0.15) is 61.0 Å². The van der Waals surface area contributed by atoms with Gasteiger partial charge in [-0.15, -0.1) is 0 Å². The summed E-state index contributed by atoms with van der Waals surface area (Å²) in [6, 6.07) is -2.46. The maximum absolute atomic E-state index is 14.6. The number of carboxylic acid groups (broad SMARTS) is 2. The molecule has 1 aromatic rings. The quantitative estimate of drug-likeness (QED) is 0.0472. The van der Waals surface area contributed by atoms with Crippen LogP contribution < -0.4 is 17.0 Å². The van der Waals surface area contributed by atoms with Crippen LogP contribution >= 0.6 is 0 Å². The highest BCUT2D eigenvalue weighted by atomic mass is 16.7. The maximum atomic E-state index is 14.6. The van der Waals surface area contributed by atoms with Crippen molar-refractivity contribution in [2.24, 2.45) is 17.6 Å². The summed E-state index contributed by atoms with van der Waals surface area (Å²) in [4.78, 5) is 94.3. The molecule has 23 heteroatoms. The second kappa shape index (κ2) is 25.2. The van der Waals surface area contributed by atoms with Gasteiger partial charge in [0.05, 0.1) is 6.42 Å². The Labute approximate surface area is 382 Å². The summed E-state index contributed by atoms with van der Waals surface area (Å²) >= 11 is 0. The predicted molar refractivity (Wildman–Crippen MR) is 229 cm³/mol. The van der Waals surface area contributed by atoms with E-state index in [1.54, 1.807) is 6.92 Å². The van der Waals surface area contributed by atoms with E-state index >= 15 is 0 Å². The molecule has 1 amide bonds. The topological polar surface area (TPSA) is 329 Å². The Hall–Kier alpha value is -4.33. The van der Waals surface area contributed by atoms with Crippen LogP contribution in [0.5, 0.6) is 0 Å². The number of carboxylic acids is 2. The Morgan fingerprint density at radius 2 is 1.53 bits per heavy atom. The SMILES string of the molecule is COC1C(OC(C2OC(n3ccc(=O)[nH]c3=O)C(O)C2O)C2C(=O)N(C)C(C(=O)O)C(OC(=O)CC(CCCCCCCCC(C)C)OC(=O)CC(C)CC(=O)O)CN2C)OC(CN)C1O. The van der Waals surface area contributed by atoms with Crippen molar-refractivity contribution in [1.29, 1.82) is 0 Å². The molecule has 3 aliphatic heterocycles. The molecule has 0 radical (unpaired) electrons. The first kappa shape index (κ1) is 54.3.